The predicted octanol–water partition coefficient (Wildman–Crippen LogP) is 4.89. The molecule has 3 heteroatoms. The smallest absolute Gasteiger partial charge is 0.342 e. The summed E-state index contributed by atoms with van der Waals surface area (Å²) >= 11 is 1.21. The summed E-state index contributed by atoms with van der Waals surface area (Å²) in [5.41, 5.74) is 2.95. The minimum Gasteiger partial charge on any atom is -0.477 e. The zero-order valence-electron chi connectivity index (χ0n) is 11.9. The van der Waals surface area contributed by atoms with E-state index in [2.05, 4.69) is 32.6 Å². The highest BCUT2D eigenvalue weighted by Crippen LogP contribution is 2.32. The molecule has 1 N–H and O–H groups in total. The first-order valence-corrected chi connectivity index (χ1v) is 7.02. The van der Waals surface area contributed by atoms with Crippen molar-refractivity contribution < 1.29 is 9.90 Å². The minimum atomic E-state index is -0.902. The third kappa shape index (κ3) is 4.28. The Morgan fingerprint density at radius 3 is 2.42 bits per heavy atom. The number of carboxylic acids is 1. The van der Waals surface area contributed by atoms with Crippen LogP contribution in [0.4, 0.5) is 0 Å². The molecule has 0 fully saturated rings. The molecular weight excluding hydrogens is 256 g/mol. The summed E-state index contributed by atoms with van der Waals surface area (Å²) in [6.07, 6.45) is 0. The van der Waals surface area contributed by atoms with Gasteiger partial charge in [-0.15, -0.1) is 0 Å². The van der Waals surface area contributed by atoms with Crippen LogP contribution in [0.2, 0.25) is 0 Å². The molecular formula is C16H20O2S. The quantitative estimate of drug-likeness (QED) is 0.778. The van der Waals surface area contributed by atoms with Crippen LogP contribution in [0.1, 0.15) is 44.7 Å². The van der Waals surface area contributed by atoms with E-state index >= 15 is 0 Å². The van der Waals surface area contributed by atoms with Gasteiger partial charge in [-0.3, -0.25) is 0 Å². The second-order valence-corrected chi connectivity index (χ2v) is 6.15. The van der Waals surface area contributed by atoms with Gasteiger partial charge in [-0.25, -0.2) is 4.79 Å². The molecule has 2 nitrogen and oxygen atoms in total. The van der Waals surface area contributed by atoms with Crippen LogP contribution in [0.15, 0.2) is 40.7 Å². The predicted molar refractivity (Wildman–Crippen MR) is 83.2 cm³/mol. The second-order valence-electron chi connectivity index (χ2n) is 4.84. The molecule has 0 unspecified atom stereocenters. The molecule has 0 amide bonds. The molecule has 0 aromatic heterocycles. The zero-order valence-corrected chi connectivity index (χ0v) is 12.7. The zero-order chi connectivity index (χ0) is 14.6. The molecule has 0 aliphatic carbocycles. The first-order chi connectivity index (χ1) is 8.82. The number of allylic oxidation sites excluding steroid dienone is 2. The van der Waals surface area contributed by atoms with Crippen molar-refractivity contribution in [3.63, 3.8) is 0 Å². The highest BCUT2D eigenvalue weighted by Gasteiger charge is 2.14. The number of benzene rings is 1. The van der Waals surface area contributed by atoms with E-state index in [4.69, 9.17) is 0 Å². The lowest BCUT2D eigenvalue weighted by Crippen LogP contribution is -2.00. The fraction of sp³-hybridized carbons (Fsp3) is 0.312. The Morgan fingerprint density at radius 1 is 1.32 bits per heavy atom. The van der Waals surface area contributed by atoms with Gasteiger partial charge in [-0.2, -0.15) is 0 Å². The summed E-state index contributed by atoms with van der Waals surface area (Å²) in [6, 6.07) is 8.04. The Labute approximate surface area is 119 Å². The molecule has 0 bridgehead atoms. The summed E-state index contributed by atoms with van der Waals surface area (Å²) in [6.45, 7) is 11.7. The van der Waals surface area contributed by atoms with Gasteiger partial charge in [0.15, 0.2) is 0 Å². The van der Waals surface area contributed by atoms with Gasteiger partial charge in [0.1, 0.15) is 4.91 Å². The number of aliphatic carboxylic acids is 1. The minimum absolute atomic E-state index is 0.341. The Balaban J connectivity index is 3.27. The van der Waals surface area contributed by atoms with Crippen LogP contribution in [-0.2, 0) is 4.79 Å². The largest absolute Gasteiger partial charge is 0.477 e. The van der Waals surface area contributed by atoms with Crippen molar-refractivity contribution in [2.75, 3.05) is 0 Å². The number of carbonyl (C=O) groups is 1. The van der Waals surface area contributed by atoms with Crippen LogP contribution >= 0.6 is 11.8 Å². The molecule has 1 rings (SSSR count). The molecule has 19 heavy (non-hydrogen) atoms. The topological polar surface area (TPSA) is 37.3 Å². The number of rotatable bonds is 5. The van der Waals surface area contributed by atoms with Gasteiger partial charge in [-0.05, 0) is 41.4 Å². The van der Waals surface area contributed by atoms with Crippen molar-refractivity contribution in [3.05, 3.63) is 51.8 Å². The van der Waals surface area contributed by atoms with E-state index in [0.717, 1.165) is 16.0 Å². The van der Waals surface area contributed by atoms with Crippen molar-refractivity contribution in [1.29, 1.82) is 0 Å². The lowest BCUT2D eigenvalue weighted by molar-refractivity contribution is -0.131. The fourth-order valence-corrected chi connectivity index (χ4v) is 2.42. The summed E-state index contributed by atoms with van der Waals surface area (Å²) < 4.78 is 0. The van der Waals surface area contributed by atoms with E-state index in [9.17, 15) is 9.90 Å². The van der Waals surface area contributed by atoms with Crippen LogP contribution in [0, 0.1) is 0 Å². The number of hydrogen-bond donors (Lipinski definition) is 1. The molecule has 0 heterocycles. The van der Waals surface area contributed by atoms with E-state index in [-0.39, 0.29) is 0 Å². The van der Waals surface area contributed by atoms with Gasteiger partial charge >= 0.3 is 5.97 Å². The lowest BCUT2D eigenvalue weighted by atomic mass is 9.98. The molecule has 0 radical (unpaired) electrons. The van der Waals surface area contributed by atoms with Gasteiger partial charge in [0.05, 0.1) is 0 Å². The van der Waals surface area contributed by atoms with Gasteiger partial charge in [0.2, 0.25) is 0 Å². The maximum atomic E-state index is 11.3. The van der Waals surface area contributed by atoms with E-state index in [0.29, 0.717) is 10.8 Å². The maximum Gasteiger partial charge on any atom is 0.342 e. The number of hydrogen-bond acceptors (Lipinski definition) is 2. The Morgan fingerprint density at radius 2 is 1.95 bits per heavy atom. The van der Waals surface area contributed by atoms with Crippen molar-refractivity contribution in [2.45, 2.75) is 33.6 Å². The molecule has 0 aliphatic rings. The maximum absolute atomic E-state index is 11.3. The summed E-state index contributed by atoms with van der Waals surface area (Å²) in [4.78, 5) is 12.5. The summed E-state index contributed by atoms with van der Waals surface area (Å²) in [5.74, 6) is -0.477. The van der Waals surface area contributed by atoms with Crippen LogP contribution in [-0.4, -0.2) is 11.1 Å². The average Bonchev–Trinajstić information content (AvgIpc) is 2.34. The van der Waals surface area contributed by atoms with Crippen LogP contribution in [0.25, 0.3) is 5.57 Å². The molecule has 1 aromatic carbocycles. The van der Waals surface area contributed by atoms with E-state index in [1.165, 1.54) is 17.3 Å². The van der Waals surface area contributed by atoms with Crippen molar-refractivity contribution in [3.8, 4) is 0 Å². The normalized spacial score (nSPS) is 12.3. The van der Waals surface area contributed by atoms with E-state index in [1.54, 1.807) is 0 Å². The van der Waals surface area contributed by atoms with Gasteiger partial charge < -0.3 is 5.11 Å². The van der Waals surface area contributed by atoms with Gasteiger partial charge in [-0.1, -0.05) is 56.5 Å². The molecule has 1 aromatic rings. The van der Waals surface area contributed by atoms with Crippen LogP contribution in [0.3, 0.4) is 0 Å². The molecule has 0 atom stereocenters. The molecule has 102 valence electrons. The number of carboxylic acid groups (broad SMARTS) is 1. The van der Waals surface area contributed by atoms with Crippen molar-refractivity contribution in [1.82, 2.24) is 0 Å². The summed E-state index contributed by atoms with van der Waals surface area (Å²) in [7, 11) is 0. The highest BCUT2D eigenvalue weighted by atomic mass is 32.2. The van der Waals surface area contributed by atoms with Crippen LogP contribution in [0.5, 0.6) is 0 Å². The first-order valence-electron chi connectivity index (χ1n) is 6.20. The van der Waals surface area contributed by atoms with Crippen LogP contribution < -0.4 is 0 Å². The Kier molecular flexibility index (Phi) is 5.43. The summed E-state index contributed by atoms with van der Waals surface area (Å²) in [5, 5.41) is 9.31. The monoisotopic (exact) mass is 276 g/mol. The standard InChI is InChI=1S/C16H20O2S/c1-10(2)13-7-6-8-14(9-13)12(5)15(16(17)18)19-11(3)4/h6-10H,3H2,1-2,4-5H3,(H,17,18)/b15-12+. The molecule has 0 saturated carbocycles. The fourth-order valence-electron chi connectivity index (χ4n) is 1.72. The molecule has 0 spiro atoms. The molecule has 0 saturated heterocycles. The Hall–Kier alpha value is -1.48. The van der Waals surface area contributed by atoms with Gasteiger partial charge in [0.25, 0.3) is 0 Å². The number of thioether (sulfide) groups is 1. The lowest BCUT2D eigenvalue weighted by Gasteiger charge is -2.11. The third-order valence-electron chi connectivity index (χ3n) is 2.80. The van der Waals surface area contributed by atoms with E-state index in [1.807, 2.05) is 26.0 Å². The first kappa shape index (κ1) is 15.6. The molecule has 0 aliphatic heterocycles. The van der Waals surface area contributed by atoms with E-state index < -0.39 is 5.97 Å². The average molecular weight is 276 g/mol. The van der Waals surface area contributed by atoms with Gasteiger partial charge in [0, 0.05) is 0 Å². The SMILES string of the molecule is C=C(C)S/C(C(=O)O)=C(\C)c1cccc(C(C)C)c1. The highest BCUT2D eigenvalue weighted by molar-refractivity contribution is 8.07. The third-order valence-corrected chi connectivity index (χ3v) is 3.83. The van der Waals surface area contributed by atoms with Crippen molar-refractivity contribution >= 4 is 23.3 Å². The second kappa shape index (κ2) is 6.62. The Bertz CT molecular complexity index is 527. The van der Waals surface area contributed by atoms with Crippen molar-refractivity contribution in [2.24, 2.45) is 0 Å².